The zero-order chi connectivity index (χ0) is 13.1. The van der Waals surface area contributed by atoms with Crippen molar-refractivity contribution in [1.82, 2.24) is 5.32 Å². The standard InChI is InChI=1S/C14H17FINO/c1-2-3-14(18)17-8-9-6-11(9)12-7-10(15)4-5-13(12)16/h4-5,7,9,11H,2-3,6,8H2,1H3,(H,17,18)/t9-,11+/m0/s1/i16-2. The fourth-order valence-corrected chi connectivity index (χ4v) is 2.95. The third kappa shape index (κ3) is 3.43. The van der Waals surface area contributed by atoms with Crippen molar-refractivity contribution < 1.29 is 9.18 Å². The van der Waals surface area contributed by atoms with E-state index in [1.807, 2.05) is 13.0 Å². The van der Waals surface area contributed by atoms with Gasteiger partial charge in [0.25, 0.3) is 0 Å². The van der Waals surface area contributed by atoms with E-state index in [4.69, 9.17) is 0 Å². The molecule has 1 N–H and O–H groups in total. The predicted molar refractivity (Wildman–Crippen MR) is 77.9 cm³/mol. The van der Waals surface area contributed by atoms with Gasteiger partial charge in [0.2, 0.25) is 5.91 Å². The molecule has 0 aliphatic heterocycles. The molecule has 4 heteroatoms. The Balaban J connectivity index is 1.87. The van der Waals surface area contributed by atoms with Crippen LogP contribution in [-0.4, -0.2) is 12.5 Å². The van der Waals surface area contributed by atoms with Gasteiger partial charge in [0, 0.05) is 16.5 Å². The Labute approximate surface area is 120 Å². The molecule has 1 fully saturated rings. The van der Waals surface area contributed by atoms with E-state index >= 15 is 0 Å². The molecule has 98 valence electrons. The largest absolute Gasteiger partial charge is 0.356 e. The molecule has 0 aromatic heterocycles. The number of nitrogens with one attached hydrogen (secondary N) is 1. The average Bonchev–Trinajstić information content (AvgIpc) is 3.09. The quantitative estimate of drug-likeness (QED) is 0.802. The Kier molecular flexibility index (Phi) is 4.59. The lowest BCUT2D eigenvalue weighted by Gasteiger charge is -2.06. The van der Waals surface area contributed by atoms with Gasteiger partial charge in [0.1, 0.15) is 5.82 Å². The molecular weight excluding hydrogens is 342 g/mol. The first-order valence-corrected chi connectivity index (χ1v) is 7.41. The molecule has 1 aliphatic carbocycles. The molecule has 1 saturated carbocycles. The first-order chi connectivity index (χ1) is 8.61. The molecule has 1 aromatic rings. The minimum Gasteiger partial charge on any atom is -0.356 e. The Morgan fingerprint density at radius 1 is 1.56 bits per heavy atom. The van der Waals surface area contributed by atoms with Gasteiger partial charge in [-0.3, -0.25) is 4.79 Å². The molecule has 1 amide bonds. The third-order valence-electron chi connectivity index (χ3n) is 3.32. The summed E-state index contributed by atoms with van der Waals surface area (Å²) in [5.41, 5.74) is 1.09. The number of benzene rings is 1. The molecule has 0 saturated heterocycles. The Morgan fingerprint density at radius 3 is 3.06 bits per heavy atom. The van der Waals surface area contributed by atoms with Crippen molar-refractivity contribution in [3.63, 3.8) is 0 Å². The Bertz CT molecular complexity index is 449. The monoisotopic (exact) mass is 359 g/mol. The second-order valence-corrected chi connectivity index (χ2v) is 5.98. The van der Waals surface area contributed by atoms with Crippen molar-refractivity contribution >= 4 is 28.5 Å². The summed E-state index contributed by atoms with van der Waals surface area (Å²) in [5, 5.41) is 2.94. The van der Waals surface area contributed by atoms with E-state index in [1.54, 1.807) is 6.07 Å². The molecule has 2 rings (SSSR count). The molecule has 0 bridgehead atoms. The van der Waals surface area contributed by atoms with Crippen LogP contribution >= 0.6 is 22.6 Å². The maximum Gasteiger partial charge on any atom is 0.219 e. The van der Waals surface area contributed by atoms with E-state index in [0.717, 1.165) is 28.5 Å². The summed E-state index contributed by atoms with van der Waals surface area (Å²) < 4.78 is 14.3. The van der Waals surface area contributed by atoms with Crippen molar-refractivity contribution in [2.75, 3.05) is 6.54 Å². The average molecular weight is 359 g/mol. The minimum absolute atomic E-state index is 0.122. The summed E-state index contributed by atoms with van der Waals surface area (Å²) in [4.78, 5) is 11.4. The van der Waals surface area contributed by atoms with E-state index in [2.05, 4.69) is 27.9 Å². The zero-order valence-electron chi connectivity index (χ0n) is 10.4. The van der Waals surface area contributed by atoms with Gasteiger partial charge in [-0.25, -0.2) is 4.39 Å². The molecule has 1 aromatic carbocycles. The van der Waals surface area contributed by atoms with E-state index in [9.17, 15) is 9.18 Å². The van der Waals surface area contributed by atoms with Gasteiger partial charge in [-0.1, -0.05) is 6.92 Å². The number of carbonyl (C=O) groups is 1. The van der Waals surface area contributed by atoms with Crippen molar-refractivity contribution in [3.8, 4) is 0 Å². The summed E-state index contributed by atoms with van der Waals surface area (Å²) in [6.45, 7) is 2.71. The predicted octanol–water partition coefficient (Wildman–Crippen LogP) is 3.45. The number of halogens is 2. The third-order valence-corrected chi connectivity index (χ3v) is 4.30. The van der Waals surface area contributed by atoms with E-state index in [-0.39, 0.29) is 11.7 Å². The van der Waals surface area contributed by atoms with E-state index in [0.29, 0.717) is 18.3 Å². The summed E-state index contributed by atoms with van der Waals surface area (Å²) in [6.07, 6.45) is 2.52. The van der Waals surface area contributed by atoms with Gasteiger partial charge in [0.15, 0.2) is 0 Å². The highest BCUT2D eigenvalue weighted by Crippen LogP contribution is 2.48. The fraction of sp³-hybridized carbons (Fsp3) is 0.500. The van der Waals surface area contributed by atoms with Gasteiger partial charge >= 0.3 is 0 Å². The van der Waals surface area contributed by atoms with Crippen LogP contribution in [0.25, 0.3) is 0 Å². The maximum atomic E-state index is 13.2. The van der Waals surface area contributed by atoms with Crippen molar-refractivity contribution in [1.29, 1.82) is 0 Å². The molecule has 1 aliphatic rings. The van der Waals surface area contributed by atoms with Crippen LogP contribution in [0, 0.1) is 15.3 Å². The number of rotatable bonds is 5. The van der Waals surface area contributed by atoms with Crippen LogP contribution in [0.5, 0.6) is 0 Å². The normalized spacial score (nSPS) is 21.7. The summed E-state index contributed by atoms with van der Waals surface area (Å²) in [7, 11) is 0. The number of carbonyl (C=O) groups excluding carboxylic acids is 1. The van der Waals surface area contributed by atoms with E-state index in [1.165, 1.54) is 6.07 Å². The van der Waals surface area contributed by atoms with Gasteiger partial charge in [-0.15, -0.1) is 0 Å². The van der Waals surface area contributed by atoms with Crippen LogP contribution in [0.3, 0.4) is 0 Å². The molecule has 2 atom stereocenters. The summed E-state index contributed by atoms with van der Waals surface area (Å²) in [5.74, 6) is 0.832. The SMILES string of the molecule is CCCC(=O)NC[C@@H]1C[C@H]1c1cc(F)ccc1[125I]. The van der Waals surface area contributed by atoms with Gasteiger partial charge in [-0.05, 0) is 71.0 Å². The molecular formula is C14H17FINO. The highest BCUT2D eigenvalue weighted by atomic mass is 125. The smallest absolute Gasteiger partial charge is 0.219 e. The van der Waals surface area contributed by atoms with Gasteiger partial charge < -0.3 is 5.32 Å². The van der Waals surface area contributed by atoms with Crippen LogP contribution < -0.4 is 5.32 Å². The highest BCUT2D eigenvalue weighted by Gasteiger charge is 2.39. The lowest BCUT2D eigenvalue weighted by molar-refractivity contribution is -0.121. The van der Waals surface area contributed by atoms with Crippen LogP contribution in [0.2, 0.25) is 0 Å². The van der Waals surface area contributed by atoms with E-state index < -0.39 is 0 Å². The number of hydrogen-bond donors (Lipinski definition) is 1. The second-order valence-electron chi connectivity index (χ2n) is 4.82. The minimum atomic E-state index is -0.175. The van der Waals surface area contributed by atoms with Crippen LogP contribution in [0.15, 0.2) is 18.2 Å². The molecule has 0 unspecified atom stereocenters. The maximum absolute atomic E-state index is 13.2. The zero-order valence-corrected chi connectivity index (χ0v) is 12.5. The second kappa shape index (κ2) is 5.99. The summed E-state index contributed by atoms with van der Waals surface area (Å²) in [6, 6.07) is 4.93. The van der Waals surface area contributed by atoms with Crippen molar-refractivity contribution in [3.05, 3.63) is 33.1 Å². The molecule has 18 heavy (non-hydrogen) atoms. The van der Waals surface area contributed by atoms with Crippen molar-refractivity contribution in [2.45, 2.75) is 32.1 Å². The lowest BCUT2D eigenvalue weighted by Crippen LogP contribution is -2.25. The fourth-order valence-electron chi connectivity index (χ4n) is 2.21. The van der Waals surface area contributed by atoms with Gasteiger partial charge in [-0.2, -0.15) is 0 Å². The molecule has 0 spiro atoms. The Morgan fingerprint density at radius 2 is 2.33 bits per heavy atom. The highest BCUT2D eigenvalue weighted by molar-refractivity contribution is 14.1. The summed E-state index contributed by atoms with van der Waals surface area (Å²) >= 11 is 2.24. The first-order valence-electron chi connectivity index (χ1n) is 6.33. The molecule has 2 nitrogen and oxygen atoms in total. The topological polar surface area (TPSA) is 29.1 Å². The molecule has 0 radical (unpaired) electrons. The van der Waals surface area contributed by atoms with Crippen LogP contribution in [0.4, 0.5) is 4.39 Å². The lowest BCUT2D eigenvalue weighted by atomic mass is 10.1. The molecule has 0 heterocycles. The number of amides is 1. The first kappa shape index (κ1) is 13.8. The Hall–Kier alpha value is -0.650. The number of hydrogen-bond acceptors (Lipinski definition) is 1. The van der Waals surface area contributed by atoms with Crippen LogP contribution in [-0.2, 0) is 4.79 Å². The van der Waals surface area contributed by atoms with Crippen molar-refractivity contribution in [2.24, 2.45) is 5.92 Å². The van der Waals surface area contributed by atoms with Gasteiger partial charge in [0.05, 0.1) is 0 Å². The van der Waals surface area contributed by atoms with Crippen LogP contribution in [0.1, 0.15) is 37.7 Å².